The first-order valence-corrected chi connectivity index (χ1v) is 19.0. The molecular formula is C36H50N2O6Si. The number of nitrogens with one attached hydrogen (secondary N) is 1. The monoisotopic (exact) mass is 634 g/mol. The lowest BCUT2D eigenvalue weighted by molar-refractivity contribution is -0.146. The molecule has 1 fully saturated rings. The van der Waals surface area contributed by atoms with E-state index in [0.29, 0.717) is 24.2 Å². The number of nitrogens with zero attached hydrogens (tertiary/aromatic N) is 1. The molecule has 2 aromatic rings. The van der Waals surface area contributed by atoms with Crippen molar-refractivity contribution in [3.8, 4) is 5.75 Å². The Morgan fingerprint density at radius 1 is 1.16 bits per heavy atom. The van der Waals surface area contributed by atoms with Gasteiger partial charge in [0, 0.05) is 30.3 Å². The Morgan fingerprint density at radius 2 is 1.84 bits per heavy atom. The van der Waals surface area contributed by atoms with Gasteiger partial charge in [0.25, 0.3) is 11.8 Å². The Kier molecular flexibility index (Phi) is 10.8. The molecule has 2 aromatic carbocycles. The average molecular weight is 635 g/mol. The van der Waals surface area contributed by atoms with E-state index in [1.165, 1.54) is 23.3 Å². The summed E-state index contributed by atoms with van der Waals surface area (Å²) in [5, 5.41) is 24.0. The second kappa shape index (κ2) is 14.0. The molecule has 0 aromatic heterocycles. The van der Waals surface area contributed by atoms with Crippen LogP contribution >= 0.6 is 0 Å². The number of ether oxygens (including phenoxy) is 2. The fourth-order valence-corrected chi connectivity index (χ4v) is 11.2. The van der Waals surface area contributed by atoms with E-state index >= 15 is 0 Å². The number of allylic oxidation sites excluding steroid dienone is 3. The van der Waals surface area contributed by atoms with Crippen LogP contribution in [0.4, 0.5) is 11.4 Å². The predicted molar refractivity (Wildman–Crippen MR) is 183 cm³/mol. The van der Waals surface area contributed by atoms with E-state index in [9.17, 15) is 19.8 Å². The molecule has 0 bridgehead atoms. The lowest BCUT2D eigenvalue weighted by Crippen LogP contribution is -2.51. The van der Waals surface area contributed by atoms with Gasteiger partial charge in [-0.1, -0.05) is 60.6 Å². The Bertz CT molecular complexity index is 1450. The van der Waals surface area contributed by atoms with Gasteiger partial charge < -0.3 is 29.9 Å². The summed E-state index contributed by atoms with van der Waals surface area (Å²) in [4.78, 5) is 29.0. The summed E-state index contributed by atoms with van der Waals surface area (Å²) in [5.74, 6) is -0.0828. The number of methoxy groups -OCH3 is 1. The third-order valence-corrected chi connectivity index (χ3v) is 14.0. The lowest BCUT2D eigenvalue weighted by Gasteiger charge is -2.37. The maximum absolute atomic E-state index is 14.8. The minimum absolute atomic E-state index is 0.00635. The number of aliphatic hydroxyl groups is 2. The van der Waals surface area contributed by atoms with Crippen LogP contribution in [0.25, 0.3) is 0 Å². The third kappa shape index (κ3) is 6.82. The van der Waals surface area contributed by atoms with Gasteiger partial charge in [0.05, 0.1) is 27.0 Å². The molecule has 9 heteroatoms. The van der Waals surface area contributed by atoms with E-state index in [-0.39, 0.29) is 30.1 Å². The van der Waals surface area contributed by atoms with Gasteiger partial charge in [-0.15, -0.1) is 0 Å². The highest BCUT2D eigenvalue weighted by molar-refractivity contribution is 6.91. The topological polar surface area (TPSA) is 108 Å². The number of rotatable bonds is 12. The quantitative estimate of drug-likeness (QED) is 0.206. The summed E-state index contributed by atoms with van der Waals surface area (Å²) < 4.78 is 12.4. The van der Waals surface area contributed by atoms with Crippen molar-refractivity contribution in [1.29, 1.82) is 0 Å². The maximum Gasteiger partial charge on any atom is 0.264 e. The zero-order chi connectivity index (χ0) is 33.1. The van der Waals surface area contributed by atoms with Crippen molar-refractivity contribution in [2.75, 3.05) is 30.5 Å². The average Bonchev–Trinajstić information content (AvgIpc) is 3.42. The van der Waals surface area contributed by atoms with E-state index in [0.717, 1.165) is 24.3 Å². The molecule has 244 valence electrons. The van der Waals surface area contributed by atoms with Crippen LogP contribution in [0.3, 0.4) is 0 Å². The Balaban J connectivity index is 1.80. The Morgan fingerprint density at radius 3 is 2.44 bits per heavy atom. The zero-order valence-corrected chi connectivity index (χ0v) is 29.0. The molecule has 3 N–H and O–H groups in total. The largest absolute Gasteiger partial charge is 0.497 e. The normalized spacial score (nSPS) is 23.7. The van der Waals surface area contributed by atoms with Gasteiger partial charge in [-0.2, -0.15) is 0 Å². The number of anilines is 2. The van der Waals surface area contributed by atoms with Gasteiger partial charge in [-0.3, -0.25) is 9.59 Å². The van der Waals surface area contributed by atoms with Crippen molar-refractivity contribution in [1.82, 2.24) is 0 Å². The smallest absolute Gasteiger partial charge is 0.264 e. The van der Waals surface area contributed by atoms with Crippen molar-refractivity contribution >= 4 is 36.4 Å². The number of carbonyl (C=O) groups excluding carboxylic acids is 2. The van der Waals surface area contributed by atoms with E-state index in [2.05, 4.69) is 70.4 Å². The number of benzene rings is 2. The van der Waals surface area contributed by atoms with E-state index in [1.807, 2.05) is 24.3 Å². The molecule has 2 amide bonds. The van der Waals surface area contributed by atoms with Crippen LogP contribution < -0.4 is 20.1 Å². The van der Waals surface area contributed by atoms with Crippen molar-refractivity contribution in [3.05, 3.63) is 71.3 Å². The summed E-state index contributed by atoms with van der Waals surface area (Å²) in [6, 6.07) is 13.6. The minimum atomic E-state index is -2.31. The molecule has 0 aliphatic carbocycles. The molecule has 2 aliphatic rings. The first-order chi connectivity index (χ1) is 21.3. The maximum atomic E-state index is 14.8. The number of hydrogen-bond donors (Lipinski definition) is 3. The Labute approximate surface area is 269 Å². The standard InChI is InChI=1S/C36H50N2O6Si/c1-23(2)10-9-11-24(3)18-20-38-31-17-12-27(37-34(41)26(5)40)22-30(31)36(35(38)42)25(4)33(32(44-36)19-21-39)45(7,8)29-15-13-28(43-6)14-16-29/h10,12-18,22,25-26,32-33,39-40H,9,11,19-21H2,1-8H3,(H,37,41)/b24-18+/t25-,26-,32+,33-,36+/m0/s1. The molecule has 1 spiro atoms. The van der Waals surface area contributed by atoms with E-state index in [1.54, 1.807) is 18.1 Å². The molecule has 8 nitrogen and oxygen atoms in total. The fourth-order valence-electron chi connectivity index (χ4n) is 7.15. The first-order valence-electron chi connectivity index (χ1n) is 16.0. The molecule has 0 unspecified atom stereocenters. The molecule has 2 heterocycles. The van der Waals surface area contributed by atoms with Crippen LogP contribution in [0.5, 0.6) is 5.75 Å². The number of fused-ring (bicyclic) bond motifs is 2. The number of carbonyl (C=O) groups is 2. The summed E-state index contributed by atoms with van der Waals surface area (Å²) in [7, 11) is -0.659. The summed E-state index contributed by atoms with van der Waals surface area (Å²) >= 11 is 0. The minimum Gasteiger partial charge on any atom is -0.497 e. The van der Waals surface area contributed by atoms with Crippen LogP contribution in [0.1, 0.15) is 59.4 Å². The van der Waals surface area contributed by atoms with Crippen molar-refractivity contribution in [2.45, 2.75) is 90.3 Å². The van der Waals surface area contributed by atoms with E-state index in [4.69, 9.17) is 9.47 Å². The van der Waals surface area contributed by atoms with Crippen LogP contribution in [0, 0.1) is 5.92 Å². The molecule has 45 heavy (non-hydrogen) atoms. The van der Waals surface area contributed by atoms with Gasteiger partial charge in [0.2, 0.25) is 0 Å². The van der Waals surface area contributed by atoms with Crippen LogP contribution in [0.15, 0.2) is 65.8 Å². The number of aliphatic hydroxyl groups excluding tert-OH is 2. The fraction of sp³-hybridized carbons (Fsp3) is 0.500. The highest BCUT2D eigenvalue weighted by Crippen LogP contribution is 2.60. The van der Waals surface area contributed by atoms with Crippen LogP contribution in [-0.4, -0.2) is 62.6 Å². The van der Waals surface area contributed by atoms with Gasteiger partial charge in [-0.25, -0.2) is 0 Å². The first kappa shape index (κ1) is 34.6. The number of hydrogen-bond acceptors (Lipinski definition) is 6. The highest BCUT2D eigenvalue weighted by Gasteiger charge is 2.66. The molecule has 0 radical (unpaired) electrons. The third-order valence-electron chi connectivity index (χ3n) is 9.61. The second-order valence-electron chi connectivity index (χ2n) is 13.4. The van der Waals surface area contributed by atoms with Gasteiger partial charge in [0.15, 0.2) is 5.60 Å². The molecule has 5 atom stereocenters. The number of amides is 2. The molecule has 2 aliphatic heterocycles. The SMILES string of the molecule is COc1ccc([Si](C)(C)[C@@H]2[C@@H](CCO)O[C@]3(C(=O)N(C/C=C(\C)CCC=C(C)C)c4ccc(NC(=O)[C@H](C)O)cc43)[C@H]2C)cc1. The second-order valence-corrected chi connectivity index (χ2v) is 18.0. The van der Waals surface area contributed by atoms with Crippen molar-refractivity contribution in [3.63, 3.8) is 0 Å². The van der Waals surface area contributed by atoms with E-state index < -0.39 is 25.7 Å². The van der Waals surface area contributed by atoms with Crippen LogP contribution in [-0.2, 0) is 19.9 Å². The summed E-state index contributed by atoms with van der Waals surface area (Å²) in [5.41, 5.74) is 3.16. The molecule has 0 saturated carbocycles. The summed E-state index contributed by atoms with van der Waals surface area (Å²) in [6.07, 6.45) is 5.07. The highest BCUT2D eigenvalue weighted by atomic mass is 28.3. The Hall–Kier alpha value is -3.24. The van der Waals surface area contributed by atoms with Gasteiger partial charge in [-0.05, 0) is 82.8 Å². The van der Waals surface area contributed by atoms with Crippen LogP contribution in [0.2, 0.25) is 18.6 Å². The molecule has 1 saturated heterocycles. The van der Waals surface area contributed by atoms with Crippen molar-refractivity contribution in [2.24, 2.45) is 5.92 Å². The summed E-state index contributed by atoms with van der Waals surface area (Å²) in [6.45, 7) is 14.8. The lowest BCUT2D eigenvalue weighted by atomic mass is 9.82. The zero-order valence-electron chi connectivity index (χ0n) is 28.0. The van der Waals surface area contributed by atoms with Gasteiger partial charge >= 0.3 is 0 Å². The molecular weight excluding hydrogens is 584 g/mol. The predicted octanol–water partition coefficient (Wildman–Crippen LogP) is 5.65. The van der Waals surface area contributed by atoms with Crippen molar-refractivity contribution < 1.29 is 29.3 Å². The molecule has 4 rings (SSSR count). The van der Waals surface area contributed by atoms with Gasteiger partial charge in [0.1, 0.15) is 11.9 Å².